The second-order valence-corrected chi connectivity index (χ2v) is 9.92. The molecule has 0 bridgehead atoms. The molecule has 36 heavy (non-hydrogen) atoms. The van der Waals surface area contributed by atoms with Gasteiger partial charge >= 0.3 is 0 Å². The highest BCUT2D eigenvalue weighted by atomic mass is 19.3. The maximum atomic E-state index is 12.4. The van der Waals surface area contributed by atoms with Gasteiger partial charge in [-0.3, -0.25) is 14.3 Å². The van der Waals surface area contributed by atoms with Crippen molar-refractivity contribution in [2.24, 2.45) is 5.41 Å². The number of halogens is 2. The number of hydrogen-bond donors (Lipinski definition) is 1. The van der Waals surface area contributed by atoms with E-state index in [9.17, 15) is 13.6 Å². The van der Waals surface area contributed by atoms with Crippen LogP contribution in [0.1, 0.15) is 49.7 Å². The normalized spacial score (nSPS) is 14.9. The molecule has 3 aromatic rings. The third-order valence-corrected chi connectivity index (χ3v) is 5.26. The summed E-state index contributed by atoms with van der Waals surface area (Å²) in [5, 5.41) is 4.20. The Kier molecular flexibility index (Phi) is 12.5. The smallest absolute Gasteiger partial charge is 0.250 e. The number of nitrogens with zero attached hydrogens (tertiary/aromatic N) is 4. The monoisotopic (exact) mass is 503 g/mol. The summed E-state index contributed by atoms with van der Waals surface area (Å²) in [6.07, 6.45) is 6.26. The minimum Gasteiger partial charge on any atom is -0.319 e. The summed E-state index contributed by atoms with van der Waals surface area (Å²) in [6.45, 7) is 12.8. The third kappa shape index (κ3) is 10.7. The van der Waals surface area contributed by atoms with E-state index in [4.69, 9.17) is 4.79 Å². The SMILES string of the molecule is C=O.CN1CCC(F)(F)CC1.CNCC(C)(C)C.Cc1cnc2c(ccn2-c2ccc(C=O)nc2)c1. The van der Waals surface area contributed by atoms with Gasteiger partial charge in [0.2, 0.25) is 0 Å². The molecule has 0 aromatic carbocycles. The Morgan fingerprint density at radius 2 is 1.75 bits per heavy atom. The molecule has 0 atom stereocenters. The van der Waals surface area contributed by atoms with E-state index in [1.165, 1.54) is 0 Å². The van der Waals surface area contributed by atoms with E-state index < -0.39 is 5.92 Å². The highest BCUT2D eigenvalue weighted by molar-refractivity contribution is 5.78. The van der Waals surface area contributed by atoms with Crippen LogP contribution in [0.4, 0.5) is 8.78 Å². The van der Waals surface area contributed by atoms with Gasteiger partial charge in [0, 0.05) is 43.7 Å². The van der Waals surface area contributed by atoms with Gasteiger partial charge in [0.1, 0.15) is 18.1 Å². The first-order chi connectivity index (χ1) is 16.9. The highest BCUT2D eigenvalue weighted by Gasteiger charge is 2.32. The standard InChI is InChI=1S/C14H11N3O.C6H11F2N.C6H15N.CH2O/c1-10-6-11-4-5-17(14(11)16-7-10)13-3-2-12(9-18)15-8-13;1-9-4-2-6(7,8)3-5-9;1-6(2,3)5-7-4;1-2/h2-9H,1H3;2-5H2,1H3;7H,5H2,1-4H3;1H2. The lowest BCUT2D eigenvalue weighted by molar-refractivity contribution is -0.0980. The van der Waals surface area contributed by atoms with Gasteiger partial charge in [-0.2, -0.15) is 0 Å². The maximum absolute atomic E-state index is 12.4. The Balaban J connectivity index is 0.000000303. The number of carbonyl (C=O) groups is 2. The summed E-state index contributed by atoms with van der Waals surface area (Å²) in [4.78, 5) is 29.0. The van der Waals surface area contributed by atoms with Gasteiger partial charge in [-0.05, 0) is 62.8 Å². The van der Waals surface area contributed by atoms with Crippen LogP contribution in [0.15, 0.2) is 42.9 Å². The van der Waals surface area contributed by atoms with E-state index in [0.29, 0.717) is 24.2 Å². The lowest BCUT2D eigenvalue weighted by atomic mass is 9.97. The number of nitrogens with one attached hydrogen (secondary N) is 1. The summed E-state index contributed by atoms with van der Waals surface area (Å²) >= 11 is 0. The predicted octanol–water partition coefficient (Wildman–Crippen LogP) is 4.96. The van der Waals surface area contributed by atoms with Gasteiger partial charge < -0.3 is 15.0 Å². The van der Waals surface area contributed by atoms with Crippen LogP contribution in [0.25, 0.3) is 16.7 Å². The average Bonchev–Trinajstić information content (AvgIpc) is 3.25. The van der Waals surface area contributed by atoms with Gasteiger partial charge in [0.25, 0.3) is 5.92 Å². The molecule has 4 rings (SSSR count). The molecular formula is C27H39F2N5O2. The van der Waals surface area contributed by atoms with Crippen LogP contribution in [0.3, 0.4) is 0 Å². The van der Waals surface area contributed by atoms with Crippen molar-refractivity contribution >= 4 is 24.1 Å². The molecule has 3 aromatic heterocycles. The summed E-state index contributed by atoms with van der Waals surface area (Å²) in [6, 6.07) is 7.66. The lowest BCUT2D eigenvalue weighted by Gasteiger charge is -2.28. The van der Waals surface area contributed by atoms with Crippen molar-refractivity contribution in [3.63, 3.8) is 0 Å². The van der Waals surface area contributed by atoms with Gasteiger partial charge in [0.05, 0.1) is 11.9 Å². The zero-order valence-electron chi connectivity index (χ0n) is 22.2. The second-order valence-electron chi connectivity index (χ2n) is 9.92. The van der Waals surface area contributed by atoms with Crippen LogP contribution in [-0.2, 0) is 4.79 Å². The van der Waals surface area contributed by atoms with Crippen LogP contribution in [-0.4, -0.2) is 72.2 Å². The molecule has 0 aliphatic carbocycles. The molecule has 9 heteroatoms. The number of fused-ring (bicyclic) bond motifs is 1. The molecule has 1 saturated heterocycles. The molecule has 1 aliphatic heterocycles. The fraction of sp³-hybridized carbons (Fsp3) is 0.481. The van der Waals surface area contributed by atoms with Gasteiger partial charge in [-0.1, -0.05) is 20.8 Å². The topological polar surface area (TPSA) is 80.1 Å². The number of aromatic nitrogens is 3. The molecule has 1 N–H and O–H groups in total. The van der Waals surface area contributed by atoms with Crippen molar-refractivity contribution in [3.05, 3.63) is 54.1 Å². The third-order valence-electron chi connectivity index (χ3n) is 5.26. The summed E-state index contributed by atoms with van der Waals surface area (Å²) in [7, 11) is 3.85. The molecule has 1 aliphatic rings. The van der Waals surface area contributed by atoms with E-state index >= 15 is 0 Å². The zero-order valence-corrected chi connectivity index (χ0v) is 22.2. The summed E-state index contributed by atoms with van der Waals surface area (Å²) < 4.78 is 26.7. The lowest BCUT2D eigenvalue weighted by Crippen LogP contribution is -2.36. The number of hydrogen-bond acceptors (Lipinski definition) is 6. The Morgan fingerprint density at radius 1 is 1.11 bits per heavy atom. The first kappa shape index (κ1) is 31.0. The largest absolute Gasteiger partial charge is 0.319 e. The molecule has 0 radical (unpaired) electrons. The fourth-order valence-electron chi connectivity index (χ4n) is 3.43. The molecule has 7 nitrogen and oxygen atoms in total. The molecule has 0 spiro atoms. The number of aldehydes is 1. The van der Waals surface area contributed by atoms with Crippen molar-refractivity contribution in [2.45, 2.75) is 46.5 Å². The molecule has 0 amide bonds. The van der Waals surface area contributed by atoms with Crippen LogP contribution in [0, 0.1) is 12.3 Å². The van der Waals surface area contributed by atoms with Crippen LogP contribution < -0.4 is 5.32 Å². The number of aryl methyl sites for hydroxylation is 1. The van der Waals surface area contributed by atoms with Gasteiger partial charge in [0.15, 0.2) is 6.29 Å². The van der Waals surface area contributed by atoms with E-state index in [1.807, 2.05) is 61.8 Å². The van der Waals surface area contributed by atoms with E-state index in [0.717, 1.165) is 35.1 Å². The zero-order chi connectivity index (χ0) is 27.4. The number of pyridine rings is 2. The minimum absolute atomic E-state index is 0.0312. The number of piperidine rings is 1. The van der Waals surface area contributed by atoms with Gasteiger partial charge in [-0.15, -0.1) is 0 Å². The van der Waals surface area contributed by atoms with Crippen LogP contribution in [0.5, 0.6) is 0 Å². The molecule has 1 fully saturated rings. The van der Waals surface area contributed by atoms with Crippen molar-refractivity contribution in [1.82, 2.24) is 24.8 Å². The highest BCUT2D eigenvalue weighted by Crippen LogP contribution is 2.26. The Labute approximate surface area is 212 Å². The summed E-state index contributed by atoms with van der Waals surface area (Å²) in [5.74, 6) is -2.38. The quantitative estimate of drug-likeness (QED) is 0.509. The molecular weight excluding hydrogens is 464 g/mol. The van der Waals surface area contributed by atoms with E-state index in [2.05, 4.69) is 42.1 Å². The fourth-order valence-corrected chi connectivity index (χ4v) is 3.43. The minimum atomic E-state index is -2.38. The Morgan fingerprint density at radius 3 is 2.19 bits per heavy atom. The first-order valence-electron chi connectivity index (χ1n) is 11.8. The average molecular weight is 504 g/mol. The van der Waals surface area contributed by atoms with Crippen LogP contribution in [0.2, 0.25) is 0 Å². The maximum Gasteiger partial charge on any atom is 0.250 e. The number of likely N-dealkylation sites (tertiary alicyclic amines) is 1. The molecule has 0 unspecified atom stereocenters. The predicted molar refractivity (Wildman–Crippen MR) is 141 cm³/mol. The van der Waals surface area contributed by atoms with Crippen LogP contribution >= 0.6 is 0 Å². The number of alkyl halides is 2. The van der Waals surface area contributed by atoms with Crippen molar-refractivity contribution < 1.29 is 18.4 Å². The molecule has 4 heterocycles. The second kappa shape index (κ2) is 14.5. The van der Waals surface area contributed by atoms with Crippen molar-refractivity contribution in [2.75, 3.05) is 33.7 Å². The van der Waals surface area contributed by atoms with E-state index in [1.54, 1.807) is 12.3 Å². The molecule has 0 saturated carbocycles. The van der Waals surface area contributed by atoms with Gasteiger partial charge in [-0.25, -0.2) is 13.8 Å². The Hall–Kier alpha value is -3.04. The van der Waals surface area contributed by atoms with Crippen molar-refractivity contribution in [3.8, 4) is 5.69 Å². The number of carbonyl (C=O) groups excluding carboxylic acids is 2. The summed E-state index contributed by atoms with van der Waals surface area (Å²) in [5.41, 5.74) is 3.79. The first-order valence-corrected chi connectivity index (χ1v) is 11.8. The Bertz CT molecular complexity index is 1050. The van der Waals surface area contributed by atoms with E-state index in [-0.39, 0.29) is 12.8 Å². The molecule has 198 valence electrons. The number of rotatable bonds is 3. The van der Waals surface area contributed by atoms with Crippen molar-refractivity contribution in [1.29, 1.82) is 0 Å².